The first-order valence-corrected chi connectivity index (χ1v) is 7.11. The van der Waals surface area contributed by atoms with Crippen LogP contribution in [0, 0.1) is 0 Å². The Kier molecular flexibility index (Phi) is 3.27. The molecule has 3 rings (SSSR count). The normalized spacial score (nSPS) is 17.8. The van der Waals surface area contributed by atoms with Gasteiger partial charge in [-0.25, -0.2) is 4.79 Å². The van der Waals surface area contributed by atoms with E-state index in [0.29, 0.717) is 18.7 Å². The number of hydrogen-bond donors (Lipinski definition) is 2. The fourth-order valence-electron chi connectivity index (χ4n) is 2.50. The van der Waals surface area contributed by atoms with E-state index in [1.54, 1.807) is 29.7 Å². The van der Waals surface area contributed by atoms with E-state index in [0.717, 1.165) is 10.4 Å². The lowest BCUT2D eigenvalue weighted by Gasteiger charge is -2.33. The molecule has 1 amide bonds. The Morgan fingerprint density at radius 2 is 2.35 bits per heavy atom. The summed E-state index contributed by atoms with van der Waals surface area (Å²) in [6.07, 6.45) is 2.43. The maximum absolute atomic E-state index is 12.3. The number of thiophene rings is 1. The number of rotatable bonds is 3. The van der Waals surface area contributed by atoms with E-state index in [9.17, 15) is 14.7 Å². The summed E-state index contributed by atoms with van der Waals surface area (Å²) in [7, 11) is 0. The smallest absolute Gasteiger partial charge is 0.331 e. The molecule has 2 aromatic rings. The van der Waals surface area contributed by atoms with Crippen molar-refractivity contribution in [3.63, 3.8) is 0 Å². The number of carbonyl (C=O) groups excluding carboxylic acids is 1. The number of carboxylic acids is 1. The summed E-state index contributed by atoms with van der Waals surface area (Å²) in [5.41, 5.74) is 1.43. The number of nitrogens with zero attached hydrogens (tertiary/aromatic N) is 2. The number of amides is 1. The topological polar surface area (TPSA) is 86.3 Å². The number of nitrogens with one attached hydrogen (secondary N) is 1. The van der Waals surface area contributed by atoms with Crippen molar-refractivity contribution in [1.82, 2.24) is 15.1 Å². The predicted octanol–water partition coefficient (Wildman–Crippen LogP) is 1.22. The number of aromatic nitrogens is 2. The fourth-order valence-corrected chi connectivity index (χ4v) is 3.40. The minimum Gasteiger partial charge on any atom is -0.479 e. The molecule has 2 aromatic heterocycles. The average Bonchev–Trinajstić information content (AvgIpc) is 3.06. The van der Waals surface area contributed by atoms with E-state index in [1.807, 2.05) is 5.38 Å². The van der Waals surface area contributed by atoms with Gasteiger partial charge in [0.25, 0.3) is 0 Å². The number of fused-ring (bicyclic) bond motifs is 1. The number of aromatic amines is 1. The highest BCUT2D eigenvalue weighted by Gasteiger charge is 2.36. The van der Waals surface area contributed by atoms with Crippen molar-refractivity contribution in [3.8, 4) is 0 Å². The number of carboxylic acid groups (broad SMARTS) is 1. The number of H-pyrrole nitrogens is 1. The highest BCUT2D eigenvalue weighted by atomic mass is 32.1. The summed E-state index contributed by atoms with van der Waals surface area (Å²) in [5.74, 6) is -1.18. The molecule has 104 valence electrons. The monoisotopic (exact) mass is 291 g/mol. The molecule has 1 aliphatic heterocycles. The van der Waals surface area contributed by atoms with Gasteiger partial charge in [0.1, 0.15) is 0 Å². The van der Waals surface area contributed by atoms with Crippen LogP contribution in [0.4, 0.5) is 0 Å². The molecule has 0 bridgehead atoms. The van der Waals surface area contributed by atoms with Gasteiger partial charge in [0.2, 0.25) is 5.91 Å². The van der Waals surface area contributed by atoms with Gasteiger partial charge in [-0.2, -0.15) is 5.10 Å². The molecule has 7 heteroatoms. The van der Waals surface area contributed by atoms with Crippen LogP contribution in [0.25, 0.3) is 0 Å². The van der Waals surface area contributed by atoms with Gasteiger partial charge in [0, 0.05) is 23.3 Å². The largest absolute Gasteiger partial charge is 0.479 e. The van der Waals surface area contributed by atoms with Gasteiger partial charge in [0.15, 0.2) is 6.04 Å². The Labute approximate surface area is 119 Å². The second-order valence-corrected chi connectivity index (χ2v) is 5.64. The van der Waals surface area contributed by atoms with Gasteiger partial charge >= 0.3 is 5.97 Å². The number of hydrogen-bond acceptors (Lipinski definition) is 4. The van der Waals surface area contributed by atoms with Crippen LogP contribution in [-0.4, -0.2) is 38.6 Å². The Morgan fingerprint density at radius 3 is 3.05 bits per heavy atom. The van der Waals surface area contributed by atoms with E-state index in [4.69, 9.17) is 0 Å². The molecule has 2 N–H and O–H groups in total. The van der Waals surface area contributed by atoms with Crippen molar-refractivity contribution in [2.75, 3.05) is 6.54 Å². The molecule has 1 atom stereocenters. The molecule has 0 fully saturated rings. The van der Waals surface area contributed by atoms with E-state index in [1.165, 1.54) is 4.90 Å². The molecule has 0 saturated heterocycles. The third-order valence-electron chi connectivity index (χ3n) is 3.42. The van der Waals surface area contributed by atoms with Gasteiger partial charge in [-0.3, -0.25) is 9.89 Å². The Hall–Kier alpha value is -2.15. The van der Waals surface area contributed by atoms with Crippen molar-refractivity contribution in [1.29, 1.82) is 0 Å². The summed E-state index contributed by atoms with van der Waals surface area (Å²) in [6.45, 7) is 0.442. The lowest BCUT2D eigenvalue weighted by atomic mass is 9.99. The van der Waals surface area contributed by atoms with Gasteiger partial charge in [-0.05, 0) is 29.5 Å². The standard InChI is InChI=1S/C13H13N3O3S/c17-11(7-8-1-4-14-15-8)16-5-2-10-9(3-6-20-10)12(16)13(18)19/h1,3-4,6,12H,2,5,7H2,(H,14,15)(H,18,19). The minimum atomic E-state index is -0.984. The first kappa shape index (κ1) is 12.9. The van der Waals surface area contributed by atoms with Crippen LogP contribution >= 0.6 is 11.3 Å². The summed E-state index contributed by atoms with van der Waals surface area (Å²) >= 11 is 1.55. The average molecular weight is 291 g/mol. The molecular formula is C13H13N3O3S. The predicted molar refractivity (Wildman–Crippen MR) is 72.4 cm³/mol. The molecular weight excluding hydrogens is 278 g/mol. The summed E-state index contributed by atoms with van der Waals surface area (Å²) < 4.78 is 0. The van der Waals surface area contributed by atoms with Crippen LogP contribution in [0.5, 0.6) is 0 Å². The third-order valence-corrected chi connectivity index (χ3v) is 4.42. The van der Waals surface area contributed by atoms with E-state index in [2.05, 4.69) is 10.2 Å². The highest BCUT2D eigenvalue weighted by Crippen LogP contribution is 2.33. The third kappa shape index (κ3) is 2.20. The zero-order valence-electron chi connectivity index (χ0n) is 10.6. The lowest BCUT2D eigenvalue weighted by molar-refractivity contribution is -0.151. The van der Waals surface area contributed by atoms with Gasteiger partial charge < -0.3 is 10.0 Å². The summed E-state index contributed by atoms with van der Waals surface area (Å²) in [6, 6.07) is 2.64. The zero-order chi connectivity index (χ0) is 14.1. The van der Waals surface area contributed by atoms with Crippen LogP contribution < -0.4 is 0 Å². The Bertz CT molecular complexity index is 635. The summed E-state index contributed by atoms with van der Waals surface area (Å²) in [4.78, 5) is 26.4. The molecule has 20 heavy (non-hydrogen) atoms. The molecule has 0 spiro atoms. The SMILES string of the molecule is O=C(O)C1c2ccsc2CCN1C(=O)Cc1ccn[nH]1. The molecule has 1 unspecified atom stereocenters. The van der Waals surface area contributed by atoms with Gasteiger partial charge in [0.05, 0.1) is 6.42 Å². The quantitative estimate of drug-likeness (QED) is 0.890. The van der Waals surface area contributed by atoms with Crippen LogP contribution in [0.2, 0.25) is 0 Å². The Balaban J connectivity index is 1.85. The van der Waals surface area contributed by atoms with Crippen LogP contribution in [0.1, 0.15) is 22.2 Å². The second kappa shape index (κ2) is 5.09. The Morgan fingerprint density at radius 1 is 1.50 bits per heavy atom. The summed E-state index contributed by atoms with van der Waals surface area (Å²) in [5, 5.41) is 17.8. The van der Waals surface area contributed by atoms with Crippen molar-refractivity contribution < 1.29 is 14.7 Å². The molecule has 1 aliphatic rings. The molecule has 0 saturated carbocycles. The number of carbonyl (C=O) groups is 2. The maximum Gasteiger partial charge on any atom is 0.331 e. The molecule has 0 aromatic carbocycles. The highest BCUT2D eigenvalue weighted by molar-refractivity contribution is 7.10. The van der Waals surface area contributed by atoms with Crippen molar-refractivity contribution >= 4 is 23.2 Å². The fraction of sp³-hybridized carbons (Fsp3) is 0.308. The van der Waals surface area contributed by atoms with E-state index < -0.39 is 12.0 Å². The van der Waals surface area contributed by atoms with Crippen molar-refractivity contribution in [2.24, 2.45) is 0 Å². The van der Waals surface area contributed by atoms with Crippen LogP contribution in [0.3, 0.4) is 0 Å². The molecule has 6 nitrogen and oxygen atoms in total. The van der Waals surface area contributed by atoms with Gasteiger partial charge in [-0.1, -0.05) is 0 Å². The van der Waals surface area contributed by atoms with Crippen LogP contribution in [0.15, 0.2) is 23.7 Å². The van der Waals surface area contributed by atoms with Crippen molar-refractivity contribution in [3.05, 3.63) is 39.8 Å². The first-order chi connectivity index (χ1) is 9.66. The van der Waals surface area contributed by atoms with E-state index >= 15 is 0 Å². The first-order valence-electron chi connectivity index (χ1n) is 6.23. The van der Waals surface area contributed by atoms with Crippen molar-refractivity contribution in [2.45, 2.75) is 18.9 Å². The second-order valence-electron chi connectivity index (χ2n) is 4.64. The van der Waals surface area contributed by atoms with E-state index in [-0.39, 0.29) is 12.3 Å². The molecule has 0 radical (unpaired) electrons. The van der Waals surface area contributed by atoms with Gasteiger partial charge in [-0.15, -0.1) is 11.3 Å². The molecule has 3 heterocycles. The maximum atomic E-state index is 12.3. The lowest BCUT2D eigenvalue weighted by Crippen LogP contribution is -2.43. The minimum absolute atomic E-state index is 0.142. The zero-order valence-corrected chi connectivity index (χ0v) is 11.4. The molecule has 0 aliphatic carbocycles. The number of aliphatic carboxylic acids is 1. The van der Waals surface area contributed by atoms with Crippen LogP contribution in [-0.2, 0) is 22.4 Å².